The highest BCUT2D eigenvalue weighted by molar-refractivity contribution is 5.81. The summed E-state index contributed by atoms with van der Waals surface area (Å²) in [5.74, 6) is -2.36. The maximum Gasteiger partial charge on any atom is 0.417 e. The second-order valence-corrected chi connectivity index (χ2v) is 8.88. The van der Waals surface area contributed by atoms with Crippen LogP contribution in [0.4, 0.5) is 33.3 Å². The van der Waals surface area contributed by atoms with Gasteiger partial charge in [0.1, 0.15) is 11.5 Å². The van der Waals surface area contributed by atoms with Crippen molar-refractivity contribution < 1.29 is 26.7 Å². The number of nitrogens with zero attached hydrogens (tertiary/aromatic N) is 2. The van der Waals surface area contributed by atoms with Crippen LogP contribution in [0.25, 0.3) is 11.3 Å². The molecule has 0 bridgehead atoms. The molecule has 7 N–H and O–H groups in total. The van der Waals surface area contributed by atoms with Crippen molar-refractivity contribution in [3.05, 3.63) is 46.2 Å². The lowest BCUT2D eigenvalue weighted by molar-refractivity contribution is -0.137. The molecule has 0 spiro atoms. The van der Waals surface area contributed by atoms with Gasteiger partial charge in [-0.3, -0.25) is 4.99 Å². The van der Waals surface area contributed by atoms with Crippen LogP contribution in [0, 0.1) is 18.6 Å². The summed E-state index contributed by atoms with van der Waals surface area (Å²) in [7, 11) is 1.53. The van der Waals surface area contributed by atoms with E-state index in [2.05, 4.69) is 25.9 Å². The maximum atomic E-state index is 16.2. The van der Waals surface area contributed by atoms with E-state index in [9.17, 15) is 17.6 Å². The van der Waals surface area contributed by atoms with Gasteiger partial charge in [-0.15, -0.1) is 0 Å². The summed E-state index contributed by atoms with van der Waals surface area (Å²) >= 11 is 0. The molecule has 1 aromatic heterocycles. The monoisotopic (exact) mass is 541 g/mol. The van der Waals surface area contributed by atoms with E-state index in [1.807, 2.05) is 0 Å². The predicted octanol–water partition coefficient (Wildman–Crippen LogP) is 3.74. The van der Waals surface area contributed by atoms with Crippen molar-refractivity contribution in [1.82, 2.24) is 15.6 Å². The van der Waals surface area contributed by atoms with Crippen LogP contribution in [0.2, 0.25) is 0 Å². The first kappa shape index (κ1) is 29.1. The lowest BCUT2D eigenvalue weighted by Crippen LogP contribution is -2.28. The molecule has 2 heterocycles. The SMILES string of the molecule is CN=C/C(=C\N)CNc1c(F)c(-c2cc(N)c(F)c(C)c2C(F)(F)F)nc2c1CNCCNCCC(C)O2. The number of ether oxygens (including phenoxy) is 1. The largest absolute Gasteiger partial charge is 0.474 e. The minimum atomic E-state index is -5.01. The molecule has 38 heavy (non-hydrogen) atoms. The van der Waals surface area contributed by atoms with Crippen LogP contribution in [0.15, 0.2) is 22.8 Å². The van der Waals surface area contributed by atoms with Gasteiger partial charge in [-0.1, -0.05) is 0 Å². The Hall–Kier alpha value is -3.45. The Morgan fingerprint density at radius 2 is 1.95 bits per heavy atom. The average Bonchev–Trinajstić information content (AvgIpc) is 2.89. The molecule has 0 radical (unpaired) electrons. The maximum absolute atomic E-state index is 16.2. The number of pyridine rings is 1. The van der Waals surface area contributed by atoms with Crippen molar-refractivity contribution in [1.29, 1.82) is 0 Å². The van der Waals surface area contributed by atoms with Crippen LogP contribution in [0.1, 0.15) is 30.0 Å². The Labute approximate surface area is 217 Å². The highest BCUT2D eigenvalue weighted by atomic mass is 19.4. The summed E-state index contributed by atoms with van der Waals surface area (Å²) in [5, 5.41) is 9.33. The number of nitrogens with one attached hydrogen (secondary N) is 3. The summed E-state index contributed by atoms with van der Waals surface area (Å²) in [5.41, 5.74) is 7.92. The number of nitrogen functional groups attached to an aromatic ring is 1. The van der Waals surface area contributed by atoms with Gasteiger partial charge in [0, 0.05) is 56.8 Å². The smallest absolute Gasteiger partial charge is 0.417 e. The van der Waals surface area contributed by atoms with Crippen molar-refractivity contribution in [2.75, 3.05) is 44.3 Å². The number of benzene rings is 1. The highest BCUT2D eigenvalue weighted by Gasteiger charge is 2.39. The zero-order valence-corrected chi connectivity index (χ0v) is 21.4. The molecule has 1 atom stereocenters. The summed E-state index contributed by atoms with van der Waals surface area (Å²) < 4.78 is 79.1. The number of hydrogen-bond donors (Lipinski definition) is 5. The van der Waals surface area contributed by atoms with Gasteiger partial charge in [-0.05, 0) is 38.4 Å². The number of rotatable bonds is 5. The zero-order chi connectivity index (χ0) is 28.0. The zero-order valence-electron chi connectivity index (χ0n) is 21.4. The summed E-state index contributed by atoms with van der Waals surface area (Å²) in [6.07, 6.45) is -2.10. The second kappa shape index (κ2) is 12.4. The Morgan fingerprint density at radius 1 is 1.24 bits per heavy atom. The molecule has 0 amide bonds. The number of fused-ring (bicyclic) bond motifs is 1. The van der Waals surface area contributed by atoms with Gasteiger partial charge in [0.2, 0.25) is 5.88 Å². The predicted molar refractivity (Wildman–Crippen MR) is 138 cm³/mol. The topological polar surface area (TPSA) is 123 Å². The number of nitrogens with two attached hydrogens (primary N) is 2. The van der Waals surface area contributed by atoms with E-state index in [-0.39, 0.29) is 30.2 Å². The fourth-order valence-corrected chi connectivity index (χ4v) is 4.15. The fraction of sp³-hybridized carbons (Fsp3) is 0.440. The average molecular weight is 542 g/mol. The molecule has 1 aliphatic rings. The van der Waals surface area contributed by atoms with Crippen LogP contribution in [-0.4, -0.2) is 50.5 Å². The normalized spacial score (nSPS) is 17.6. The van der Waals surface area contributed by atoms with Crippen LogP contribution in [0.3, 0.4) is 0 Å². The fourth-order valence-electron chi connectivity index (χ4n) is 4.15. The van der Waals surface area contributed by atoms with Crippen LogP contribution in [0.5, 0.6) is 5.88 Å². The molecule has 208 valence electrons. The third-order valence-corrected chi connectivity index (χ3v) is 6.07. The molecule has 8 nitrogen and oxygen atoms in total. The molecular weight excluding hydrogens is 509 g/mol. The molecule has 1 aromatic carbocycles. The van der Waals surface area contributed by atoms with E-state index < -0.39 is 52.0 Å². The van der Waals surface area contributed by atoms with Gasteiger partial charge in [-0.2, -0.15) is 13.2 Å². The minimum Gasteiger partial charge on any atom is -0.474 e. The lowest BCUT2D eigenvalue weighted by Gasteiger charge is -2.23. The first-order valence-electron chi connectivity index (χ1n) is 12.0. The second-order valence-electron chi connectivity index (χ2n) is 8.88. The number of alkyl halides is 3. The van der Waals surface area contributed by atoms with Crippen molar-refractivity contribution in [2.24, 2.45) is 10.7 Å². The van der Waals surface area contributed by atoms with Crippen molar-refractivity contribution in [3.8, 4) is 17.1 Å². The van der Waals surface area contributed by atoms with Gasteiger partial charge >= 0.3 is 6.18 Å². The number of anilines is 2. The van der Waals surface area contributed by atoms with E-state index >= 15 is 4.39 Å². The van der Waals surface area contributed by atoms with Gasteiger partial charge in [0.25, 0.3) is 0 Å². The summed E-state index contributed by atoms with van der Waals surface area (Å²) in [6, 6.07) is 0.749. The van der Waals surface area contributed by atoms with Crippen LogP contribution >= 0.6 is 0 Å². The van der Waals surface area contributed by atoms with Crippen molar-refractivity contribution in [2.45, 2.75) is 39.1 Å². The van der Waals surface area contributed by atoms with E-state index in [1.54, 1.807) is 6.92 Å². The van der Waals surface area contributed by atoms with Gasteiger partial charge in [-0.25, -0.2) is 13.8 Å². The molecule has 13 heteroatoms. The molecule has 1 unspecified atom stereocenters. The molecule has 0 saturated carbocycles. The Bertz CT molecular complexity index is 1210. The minimum absolute atomic E-state index is 0.00841. The molecule has 1 aliphatic heterocycles. The molecule has 2 aromatic rings. The van der Waals surface area contributed by atoms with Crippen LogP contribution in [-0.2, 0) is 12.7 Å². The molecule has 0 aliphatic carbocycles. The van der Waals surface area contributed by atoms with E-state index in [0.717, 1.165) is 13.0 Å². The number of aromatic nitrogens is 1. The Balaban J connectivity index is 2.31. The summed E-state index contributed by atoms with van der Waals surface area (Å²) in [4.78, 5) is 8.12. The number of hydrogen-bond acceptors (Lipinski definition) is 8. The molecule has 0 saturated heterocycles. The lowest BCUT2D eigenvalue weighted by atomic mass is 9.95. The third-order valence-electron chi connectivity index (χ3n) is 6.07. The molecule has 3 rings (SSSR count). The van der Waals surface area contributed by atoms with E-state index in [4.69, 9.17) is 16.2 Å². The number of aliphatic imine (C=N–C) groups is 1. The van der Waals surface area contributed by atoms with E-state index in [0.29, 0.717) is 31.6 Å². The first-order chi connectivity index (χ1) is 18.0. The first-order valence-corrected chi connectivity index (χ1v) is 12.0. The Morgan fingerprint density at radius 3 is 2.61 bits per heavy atom. The summed E-state index contributed by atoms with van der Waals surface area (Å²) in [6.45, 7) is 4.66. The number of halogens is 5. The third kappa shape index (κ3) is 6.51. The van der Waals surface area contributed by atoms with E-state index in [1.165, 1.54) is 19.5 Å². The van der Waals surface area contributed by atoms with Crippen molar-refractivity contribution >= 4 is 17.6 Å². The van der Waals surface area contributed by atoms with Gasteiger partial charge in [0.05, 0.1) is 28.6 Å². The standard InChI is InChI=1S/C25H32F5N7O/c1-13-4-5-34-6-7-35-12-17-22(36-11-15(9-31)10-33-3)21(27)23(37-24(17)38-13)16-8-18(32)20(26)14(2)19(16)25(28,29)30/h8-10,13,34-35H,4-7,11-12,31-32H2,1-3H3,(H,36,37)/b15-9+,33-10?. The van der Waals surface area contributed by atoms with Gasteiger partial charge in [0.15, 0.2) is 5.82 Å². The van der Waals surface area contributed by atoms with Gasteiger partial charge < -0.3 is 32.2 Å². The molecular formula is C25H32F5N7O. The quantitative estimate of drug-likeness (QED) is 0.222. The Kier molecular flexibility index (Phi) is 9.50. The van der Waals surface area contributed by atoms with Crippen LogP contribution < -0.4 is 32.2 Å². The molecule has 0 fully saturated rings. The van der Waals surface area contributed by atoms with Crippen molar-refractivity contribution in [3.63, 3.8) is 0 Å². The highest BCUT2D eigenvalue weighted by Crippen LogP contribution is 2.44.